The highest BCUT2D eigenvalue weighted by molar-refractivity contribution is 9.10. The van der Waals surface area contributed by atoms with Gasteiger partial charge in [0.1, 0.15) is 5.15 Å². The molecule has 3 heterocycles. The van der Waals surface area contributed by atoms with Crippen LogP contribution in [0.25, 0.3) is 17.0 Å². The molecule has 0 bridgehead atoms. The molecular weight excluding hydrogens is 396 g/mol. The second-order valence-electron chi connectivity index (χ2n) is 5.06. The van der Waals surface area contributed by atoms with Crippen LogP contribution in [0.4, 0.5) is 0 Å². The first-order chi connectivity index (χ1) is 11.7. The molecule has 0 radical (unpaired) electrons. The lowest BCUT2D eigenvalue weighted by Gasteiger charge is -1.97. The summed E-state index contributed by atoms with van der Waals surface area (Å²) >= 11 is 9.35. The summed E-state index contributed by atoms with van der Waals surface area (Å²) in [5.74, 6) is 1.78. The predicted octanol–water partition coefficient (Wildman–Crippen LogP) is 3.38. The number of hydrogen-bond donors (Lipinski definition) is 0. The number of hydrogen-bond acceptors (Lipinski definition) is 6. The lowest BCUT2D eigenvalue weighted by molar-refractivity contribution is 0.377. The topological polar surface area (TPSA) is 82.0 Å². The molecule has 0 aliphatic rings. The number of nitrogens with zero attached hydrogens (tertiary/aromatic N) is 6. The van der Waals surface area contributed by atoms with Crippen molar-refractivity contribution in [2.45, 2.75) is 12.8 Å². The number of rotatable bonds is 4. The Balaban J connectivity index is 1.53. The Morgan fingerprint density at radius 3 is 2.92 bits per heavy atom. The van der Waals surface area contributed by atoms with Crippen molar-refractivity contribution >= 4 is 33.2 Å². The second kappa shape index (κ2) is 6.29. The van der Waals surface area contributed by atoms with E-state index in [0.717, 1.165) is 10.0 Å². The average Bonchev–Trinajstić information content (AvgIpc) is 3.19. The van der Waals surface area contributed by atoms with Gasteiger partial charge in [-0.25, -0.2) is 0 Å². The van der Waals surface area contributed by atoms with Crippen LogP contribution in [0.1, 0.15) is 11.7 Å². The van der Waals surface area contributed by atoms with Crippen LogP contribution in [0.15, 0.2) is 45.4 Å². The molecule has 0 amide bonds. The first kappa shape index (κ1) is 15.2. The van der Waals surface area contributed by atoms with Crippen molar-refractivity contribution in [3.8, 4) is 11.4 Å². The predicted molar refractivity (Wildman–Crippen MR) is 90.6 cm³/mol. The lowest BCUT2D eigenvalue weighted by Crippen LogP contribution is -2.01. The van der Waals surface area contributed by atoms with Gasteiger partial charge in [0, 0.05) is 22.9 Å². The summed E-state index contributed by atoms with van der Waals surface area (Å²) in [6.07, 6.45) is 1.10. The number of benzene rings is 1. The summed E-state index contributed by atoms with van der Waals surface area (Å²) in [4.78, 5) is 4.42. The van der Waals surface area contributed by atoms with Crippen LogP contribution in [0.5, 0.6) is 0 Å². The van der Waals surface area contributed by atoms with E-state index in [1.807, 2.05) is 24.3 Å². The zero-order chi connectivity index (χ0) is 16.5. The summed E-state index contributed by atoms with van der Waals surface area (Å²) in [7, 11) is 0. The first-order valence-corrected chi connectivity index (χ1v) is 8.31. The molecule has 0 spiro atoms. The number of fused-ring (bicyclic) bond motifs is 1. The van der Waals surface area contributed by atoms with Gasteiger partial charge in [-0.05, 0) is 24.3 Å². The average molecular weight is 406 g/mol. The van der Waals surface area contributed by atoms with Crippen molar-refractivity contribution in [2.24, 2.45) is 0 Å². The SMILES string of the molecule is Clc1ccc2nnc(CCc3nc(-c4cccc(Br)c4)no3)n2n1. The lowest BCUT2D eigenvalue weighted by atomic mass is 10.2. The van der Waals surface area contributed by atoms with Crippen LogP contribution >= 0.6 is 27.5 Å². The highest BCUT2D eigenvalue weighted by Crippen LogP contribution is 2.20. The minimum absolute atomic E-state index is 0.387. The molecule has 0 aliphatic heterocycles. The molecular formula is C15H10BrClN6O. The third-order valence-corrected chi connectivity index (χ3v) is 4.10. The van der Waals surface area contributed by atoms with E-state index >= 15 is 0 Å². The Morgan fingerprint density at radius 1 is 1.12 bits per heavy atom. The van der Waals surface area contributed by atoms with Gasteiger partial charge < -0.3 is 4.52 Å². The van der Waals surface area contributed by atoms with Crippen molar-refractivity contribution in [3.05, 3.63) is 57.7 Å². The number of halogens is 2. The van der Waals surface area contributed by atoms with E-state index in [9.17, 15) is 0 Å². The van der Waals surface area contributed by atoms with Crippen molar-refractivity contribution in [1.29, 1.82) is 0 Å². The quantitative estimate of drug-likeness (QED) is 0.518. The molecule has 4 rings (SSSR count). The van der Waals surface area contributed by atoms with Gasteiger partial charge in [0.2, 0.25) is 11.7 Å². The molecule has 9 heteroatoms. The molecule has 7 nitrogen and oxygen atoms in total. The zero-order valence-electron chi connectivity index (χ0n) is 12.2. The van der Waals surface area contributed by atoms with E-state index in [2.05, 4.69) is 41.4 Å². The molecule has 0 atom stereocenters. The minimum Gasteiger partial charge on any atom is -0.339 e. The van der Waals surface area contributed by atoms with Crippen molar-refractivity contribution in [3.63, 3.8) is 0 Å². The molecule has 24 heavy (non-hydrogen) atoms. The number of aromatic nitrogens is 6. The third kappa shape index (κ3) is 3.02. The van der Waals surface area contributed by atoms with Crippen LogP contribution < -0.4 is 0 Å². The molecule has 0 saturated carbocycles. The maximum atomic E-state index is 5.92. The molecule has 0 saturated heterocycles. The fourth-order valence-electron chi connectivity index (χ4n) is 2.29. The van der Waals surface area contributed by atoms with Crippen LogP contribution in [-0.2, 0) is 12.8 Å². The van der Waals surface area contributed by atoms with Crippen molar-refractivity contribution in [1.82, 2.24) is 30.0 Å². The van der Waals surface area contributed by atoms with Crippen molar-refractivity contribution in [2.75, 3.05) is 0 Å². The highest BCUT2D eigenvalue weighted by atomic mass is 79.9. The minimum atomic E-state index is 0.387. The fraction of sp³-hybridized carbons (Fsp3) is 0.133. The molecule has 0 fully saturated rings. The summed E-state index contributed by atoms with van der Waals surface area (Å²) in [5, 5.41) is 16.8. The van der Waals surface area contributed by atoms with Gasteiger partial charge in [0.05, 0.1) is 0 Å². The van der Waals surface area contributed by atoms with E-state index in [1.165, 1.54) is 0 Å². The van der Waals surface area contributed by atoms with Crippen LogP contribution in [0, 0.1) is 0 Å². The molecule has 0 N–H and O–H groups in total. The van der Waals surface area contributed by atoms with E-state index in [1.54, 1.807) is 16.6 Å². The first-order valence-electron chi connectivity index (χ1n) is 7.14. The Labute approximate surface area is 149 Å². The Bertz CT molecular complexity index is 1010. The maximum Gasteiger partial charge on any atom is 0.227 e. The number of aryl methyl sites for hydroxylation is 2. The van der Waals surface area contributed by atoms with E-state index in [4.69, 9.17) is 16.1 Å². The van der Waals surface area contributed by atoms with Crippen LogP contribution in [0.2, 0.25) is 5.15 Å². The van der Waals surface area contributed by atoms with Gasteiger partial charge in [-0.15, -0.1) is 10.2 Å². The summed E-state index contributed by atoms with van der Waals surface area (Å²) < 4.78 is 7.89. The van der Waals surface area contributed by atoms with Crippen molar-refractivity contribution < 1.29 is 4.52 Å². The van der Waals surface area contributed by atoms with Gasteiger partial charge in [-0.1, -0.05) is 44.8 Å². The molecule has 4 aromatic rings. The summed E-state index contributed by atoms with van der Waals surface area (Å²) in [5.41, 5.74) is 1.54. The van der Waals surface area contributed by atoms with E-state index in [0.29, 0.717) is 41.2 Å². The largest absolute Gasteiger partial charge is 0.339 e. The maximum absolute atomic E-state index is 5.92. The van der Waals surface area contributed by atoms with Crippen LogP contribution in [-0.4, -0.2) is 30.0 Å². The summed E-state index contributed by atoms with van der Waals surface area (Å²) in [6.45, 7) is 0. The molecule has 0 aliphatic carbocycles. The van der Waals surface area contributed by atoms with E-state index < -0.39 is 0 Å². The summed E-state index contributed by atoms with van der Waals surface area (Å²) in [6, 6.07) is 11.2. The Hall–Kier alpha value is -2.32. The van der Waals surface area contributed by atoms with Gasteiger partial charge in [0.25, 0.3) is 0 Å². The fourth-order valence-corrected chi connectivity index (χ4v) is 2.82. The van der Waals surface area contributed by atoms with Crippen LogP contribution in [0.3, 0.4) is 0 Å². The van der Waals surface area contributed by atoms with Gasteiger partial charge in [0.15, 0.2) is 11.5 Å². The molecule has 3 aromatic heterocycles. The second-order valence-corrected chi connectivity index (χ2v) is 6.37. The van der Waals surface area contributed by atoms with Gasteiger partial charge in [-0.3, -0.25) is 0 Å². The van der Waals surface area contributed by atoms with Gasteiger partial charge in [-0.2, -0.15) is 14.6 Å². The monoisotopic (exact) mass is 404 g/mol. The third-order valence-electron chi connectivity index (χ3n) is 3.41. The normalized spacial score (nSPS) is 11.2. The molecule has 0 unspecified atom stereocenters. The van der Waals surface area contributed by atoms with E-state index in [-0.39, 0.29) is 0 Å². The highest BCUT2D eigenvalue weighted by Gasteiger charge is 2.12. The smallest absolute Gasteiger partial charge is 0.227 e. The Kier molecular flexibility index (Phi) is 3.99. The molecule has 120 valence electrons. The van der Waals surface area contributed by atoms with Gasteiger partial charge >= 0.3 is 0 Å². The molecule has 1 aromatic carbocycles. The zero-order valence-corrected chi connectivity index (χ0v) is 14.6. The Morgan fingerprint density at radius 2 is 2.04 bits per heavy atom. The standard InChI is InChI=1S/C15H10BrClN6O/c16-10-3-1-2-9(8-10)15-18-14(24-22-15)7-6-13-20-19-12-5-4-11(17)21-23(12)13/h1-5,8H,6-7H2.